The summed E-state index contributed by atoms with van der Waals surface area (Å²) < 4.78 is 0. The molecule has 2 rings (SSSR count). The number of hydrogen-bond acceptors (Lipinski definition) is 2. The molecule has 0 aliphatic carbocycles. The molecule has 0 amide bonds. The van der Waals surface area contributed by atoms with E-state index in [1.54, 1.807) is 11.3 Å². The molecular formula is C10H14ClNS. The van der Waals surface area contributed by atoms with Crippen LogP contribution in [0.2, 0.25) is 5.02 Å². The minimum Gasteiger partial charge on any atom is -0.298 e. The van der Waals surface area contributed by atoms with E-state index in [0.29, 0.717) is 0 Å². The van der Waals surface area contributed by atoms with E-state index >= 15 is 0 Å². The Bertz CT molecular complexity index is 266. The second kappa shape index (κ2) is 4.45. The molecule has 0 N–H and O–H groups in total. The lowest BCUT2D eigenvalue weighted by Gasteiger charge is -2.25. The van der Waals surface area contributed by atoms with Crippen molar-refractivity contribution in [1.29, 1.82) is 0 Å². The zero-order valence-corrected chi connectivity index (χ0v) is 9.20. The molecule has 3 heteroatoms. The predicted octanol–water partition coefficient (Wildman–Crippen LogP) is 3.39. The molecule has 0 unspecified atom stereocenters. The van der Waals surface area contributed by atoms with Crippen LogP contribution in [0.15, 0.2) is 11.4 Å². The molecule has 1 fully saturated rings. The molecule has 0 radical (unpaired) electrons. The van der Waals surface area contributed by atoms with Crippen molar-refractivity contribution < 1.29 is 0 Å². The topological polar surface area (TPSA) is 3.24 Å². The van der Waals surface area contributed by atoms with Crippen LogP contribution in [0, 0.1) is 0 Å². The first-order valence-electron chi connectivity index (χ1n) is 4.80. The van der Waals surface area contributed by atoms with Crippen molar-refractivity contribution in [2.24, 2.45) is 0 Å². The summed E-state index contributed by atoms with van der Waals surface area (Å²) in [6, 6.07) is 2.08. The minimum absolute atomic E-state index is 0.886. The number of piperidine rings is 1. The van der Waals surface area contributed by atoms with Gasteiger partial charge in [0.1, 0.15) is 0 Å². The molecule has 0 saturated carbocycles. The van der Waals surface area contributed by atoms with Gasteiger partial charge in [-0.1, -0.05) is 18.0 Å². The second-order valence-electron chi connectivity index (χ2n) is 3.57. The maximum absolute atomic E-state index is 5.87. The molecule has 0 aromatic carbocycles. The molecule has 1 aromatic heterocycles. The van der Waals surface area contributed by atoms with Crippen LogP contribution in [0.3, 0.4) is 0 Å². The zero-order chi connectivity index (χ0) is 9.10. The van der Waals surface area contributed by atoms with Crippen LogP contribution in [0.5, 0.6) is 0 Å². The van der Waals surface area contributed by atoms with Crippen molar-refractivity contribution >= 4 is 22.9 Å². The van der Waals surface area contributed by atoms with E-state index in [-0.39, 0.29) is 0 Å². The van der Waals surface area contributed by atoms with Gasteiger partial charge in [0.05, 0.1) is 5.02 Å². The summed E-state index contributed by atoms with van der Waals surface area (Å²) in [4.78, 5) is 3.91. The molecule has 13 heavy (non-hydrogen) atoms. The average Bonchev–Trinajstić information content (AvgIpc) is 2.53. The van der Waals surface area contributed by atoms with Gasteiger partial charge in [0.15, 0.2) is 0 Å². The zero-order valence-electron chi connectivity index (χ0n) is 7.63. The summed E-state index contributed by atoms with van der Waals surface area (Å²) in [5.41, 5.74) is 0. The van der Waals surface area contributed by atoms with Crippen LogP contribution in [-0.4, -0.2) is 18.0 Å². The van der Waals surface area contributed by atoms with Crippen LogP contribution < -0.4 is 0 Å². The highest BCUT2D eigenvalue weighted by Gasteiger charge is 2.10. The van der Waals surface area contributed by atoms with Gasteiger partial charge in [-0.3, -0.25) is 4.90 Å². The number of hydrogen-bond donors (Lipinski definition) is 0. The largest absolute Gasteiger partial charge is 0.298 e. The van der Waals surface area contributed by atoms with Crippen molar-refractivity contribution in [3.8, 4) is 0 Å². The quantitative estimate of drug-likeness (QED) is 0.731. The summed E-state index contributed by atoms with van der Waals surface area (Å²) in [6.45, 7) is 3.61. The number of halogens is 1. The first kappa shape index (κ1) is 9.50. The van der Waals surface area contributed by atoms with Crippen molar-refractivity contribution in [3.05, 3.63) is 21.3 Å². The third-order valence-electron chi connectivity index (χ3n) is 2.45. The van der Waals surface area contributed by atoms with Crippen molar-refractivity contribution in [1.82, 2.24) is 4.90 Å². The third kappa shape index (κ3) is 2.70. The molecular weight excluding hydrogens is 202 g/mol. The summed E-state index contributed by atoms with van der Waals surface area (Å²) in [7, 11) is 0. The van der Waals surface area contributed by atoms with Crippen LogP contribution in [0.1, 0.15) is 24.1 Å². The highest BCUT2D eigenvalue weighted by molar-refractivity contribution is 7.10. The highest BCUT2D eigenvalue weighted by atomic mass is 35.5. The van der Waals surface area contributed by atoms with E-state index in [4.69, 9.17) is 11.6 Å². The van der Waals surface area contributed by atoms with Gasteiger partial charge in [0, 0.05) is 16.8 Å². The number of rotatable bonds is 2. The molecule has 0 spiro atoms. The first-order valence-corrected chi connectivity index (χ1v) is 6.05. The number of likely N-dealkylation sites (tertiary alicyclic amines) is 1. The minimum atomic E-state index is 0.886. The first-order chi connectivity index (χ1) is 6.34. The molecule has 72 valence electrons. The third-order valence-corrected chi connectivity index (χ3v) is 3.72. The fraction of sp³-hybridized carbons (Fsp3) is 0.600. The van der Waals surface area contributed by atoms with Gasteiger partial charge in [-0.2, -0.15) is 0 Å². The van der Waals surface area contributed by atoms with Gasteiger partial charge in [0.25, 0.3) is 0 Å². The summed E-state index contributed by atoms with van der Waals surface area (Å²) in [5, 5.41) is 2.90. The Morgan fingerprint density at radius 1 is 1.31 bits per heavy atom. The molecule has 1 aliphatic rings. The van der Waals surface area contributed by atoms with Crippen LogP contribution >= 0.6 is 22.9 Å². The molecule has 1 aliphatic heterocycles. The van der Waals surface area contributed by atoms with E-state index in [1.807, 2.05) is 5.38 Å². The van der Waals surface area contributed by atoms with Gasteiger partial charge in [-0.05, 0) is 32.0 Å². The smallest absolute Gasteiger partial charge is 0.0516 e. The van der Waals surface area contributed by atoms with Crippen molar-refractivity contribution in [2.45, 2.75) is 25.8 Å². The summed E-state index contributed by atoms with van der Waals surface area (Å²) in [6.07, 6.45) is 4.12. The van der Waals surface area contributed by atoms with Gasteiger partial charge in [-0.15, -0.1) is 11.3 Å². The van der Waals surface area contributed by atoms with Crippen LogP contribution in [-0.2, 0) is 6.54 Å². The molecule has 1 aromatic rings. The molecule has 2 heterocycles. The van der Waals surface area contributed by atoms with E-state index in [2.05, 4.69) is 11.0 Å². The summed E-state index contributed by atoms with van der Waals surface area (Å²) in [5.74, 6) is 0. The maximum Gasteiger partial charge on any atom is 0.0516 e. The fourth-order valence-electron chi connectivity index (χ4n) is 1.77. The lowest BCUT2D eigenvalue weighted by atomic mass is 10.1. The van der Waals surface area contributed by atoms with Crippen molar-refractivity contribution in [3.63, 3.8) is 0 Å². The Morgan fingerprint density at radius 3 is 2.69 bits per heavy atom. The average molecular weight is 216 g/mol. The second-order valence-corrected chi connectivity index (χ2v) is 5.00. The SMILES string of the molecule is Clc1csc(CN2CCCCC2)c1. The number of thiophene rings is 1. The Morgan fingerprint density at radius 2 is 2.08 bits per heavy atom. The van der Waals surface area contributed by atoms with E-state index in [9.17, 15) is 0 Å². The van der Waals surface area contributed by atoms with Gasteiger partial charge >= 0.3 is 0 Å². The van der Waals surface area contributed by atoms with Crippen molar-refractivity contribution in [2.75, 3.05) is 13.1 Å². The Labute approximate surface area is 88.3 Å². The molecule has 0 bridgehead atoms. The Balaban J connectivity index is 1.89. The van der Waals surface area contributed by atoms with Gasteiger partial charge in [0.2, 0.25) is 0 Å². The van der Waals surface area contributed by atoms with E-state index in [1.165, 1.54) is 37.2 Å². The Hall–Kier alpha value is -0.0500. The van der Waals surface area contributed by atoms with Gasteiger partial charge < -0.3 is 0 Å². The van der Waals surface area contributed by atoms with Crippen LogP contribution in [0.25, 0.3) is 0 Å². The molecule has 0 atom stereocenters. The lowest BCUT2D eigenvalue weighted by Crippen LogP contribution is -2.28. The highest BCUT2D eigenvalue weighted by Crippen LogP contribution is 2.21. The standard InChI is InChI=1S/C10H14ClNS/c11-9-6-10(13-8-9)7-12-4-2-1-3-5-12/h6,8H,1-5,7H2. The van der Waals surface area contributed by atoms with E-state index < -0.39 is 0 Å². The normalized spacial score (nSPS) is 19.2. The predicted molar refractivity (Wildman–Crippen MR) is 58.5 cm³/mol. The van der Waals surface area contributed by atoms with E-state index in [0.717, 1.165) is 11.6 Å². The molecule has 1 saturated heterocycles. The van der Waals surface area contributed by atoms with Gasteiger partial charge in [-0.25, -0.2) is 0 Å². The monoisotopic (exact) mass is 215 g/mol. The maximum atomic E-state index is 5.87. The lowest BCUT2D eigenvalue weighted by molar-refractivity contribution is 0.222. The molecule has 1 nitrogen and oxygen atoms in total. The van der Waals surface area contributed by atoms with Crippen LogP contribution in [0.4, 0.5) is 0 Å². The Kier molecular flexibility index (Phi) is 3.25. The number of nitrogens with zero attached hydrogens (tertiary/aromatic N) is 1. The fourth-order valence-corrected chi connectivity index (χ4v) is 2.89. The summed E-state index contributed by atoms with van der Waals surface area (Å²) >= 11 is 7.64.